The van der Waals surface area contributed by atoms with Crippen molar-refractivity contribution in [3.8, 4) is 5.75 Å². The van der Waals surface area contributed by atoms with E-state index >= 15 is 0 Å². The molecule has 0 aliphatic carbocycles. The molecule has 18 heavy (non-hydrogen) atoms. The van der Waals surface area contributed by atoms with Gasteiger partial charge >= 0.3 is 0 Å². The second-order valence-corrected chi connectivity index (χ2v) is 3.98. The molecule has 2 aromatic rings. The number of nitrogens with zero attached hydrogens (tertiary/aromatic N) is 2. The van der Waals surface area contributed by atoms with Crippen LogP contribution in [0.4, 0.5) is 0 Å². The summed E-state index contributed by atoms with van der Waals surface area (Å²) >= 11 is 0. The van der Waals surface area contributed by atoms with Gasteiger partial charge in [-0.3, -0.25) is 9.97 Å². The number of aromatic nitrogens is 2. The van der Waals surface area contributed by atoms with E-state index in [9.17, 15) is 0 Å². The monoisotopic (exact) mass is 243 g/mol. The van der Waals surface area contributed by atoms with Crippen LogP contribution in [-0.4, -0.2) is 23.1 Å². The zero-order valence-corrected chi connectivity index (χ0v) is 10.5. The number of hydrogen-bond acceptors (Lipinski definition) is 4. The fraction of sp³-hybridized carbons (Fsp3) is 0.286. The Morgan fingerprint density at radius 2 is 2.11 bits per heavy atom. The quantitative estimate of drug-likeness (QED) is 0.788. The Labute approximate surface area is 107 Å². The van der Waals surface area contributed by atoms with E-state index in [0.717, 1.165) is 30.2 Å². The molecule has 94 valence electrons. The first-order valence-electron chi connectivity index (χ1n) is 6.01. The van der Waals surface area contributed by atoms with Crippen LogP contribution in [0.1, 0.15) is 11.4 Å². The van der Waals surface area contributed by atoms with Crippen LogP contribution in [-0.2, 0) is 6.54 Å². The summed E-state index contributed by atoms with van der Waals surface area (Å²) in [5.74, 6) is 0.806. The number of aryl methyl sites for hydroxylation is 1. The topological polar surface area (TPSA) is 47.0 Å². The van der Waals surface area contributed by atoms with Crippen LogP contribution in [0.5, 0.6) is 5.75 Å². The molecule has 0 saturated carbocycles. The Morgan fingerprint density at radius 1 is 1.17 bits per heavy atom. The van der Waals surface area contributed by atoms with Crippen molar-refractivity contribution in [2.75, 3.05) is 13.2 Å². The van der Waals surface area contributed by atoms with Gasteiger partial charge < -0.3 is 10.1 Å². The third kappa shape index (κ3) is 4.14. The van der Waals surface area contributed by atoms with Crippen LogP contribution < -0.4 is 10.1 Å². The van der Waals surface area contributed by atoms with Crippen molar-refractivity contribution in [3.63, 3.8) is 0 Å². The minimum Gasteiger partial charge on any atom is -0.491 e. The van der Waals surface area contributed by atoms with Gasteiger partial charge in [-0.1, -0.05) is 6.07 Å². The molecule has 4 heteroatoms. The first kappa shape index (κ1) is 12.5. The van der Waals surface area contributed by atoms with Gasteiger partial charge in [-0.05, 0) is 31.2 Å². The van der Waals surface area contributed by atoms with Gasteiger partial charge in [0, 0.05) is 25.0 Å². The second-order valence-electron chi connectivity index (χ2n) is 3.98. The molecule has 0 amide bonds. The van der Waals surface area contributed by atoms with Crippen LogP contribution in [0.3, 0.4) is 0 Å². The van der Waals surface area contributed by atoms with Gasteiger partial charge in [0.1, 0.15) is 12.4 Å². The van der Waals surface area contributed by atoms with Gasteiger partial charge in [-0.15, -0.1) is 0 Å². The lowest BCUT2D eigenvalue weighted by Crippen LogP contribution is -2.21. The summed E-state index contributed by atoms with van der Waals surface area (Å²) in [6, 6.07) is 9.77. The maximum Gasteiger partial charge on any atom is 0.137 e. The fourth-order valence-corrected chi connectivity index (χ4v) is 1.50. The predicted octanol–water partition coefficient (Wildman–Crippen LogP) is 1.95. The smallest absolute Gasteiger partial charge is 0.137 e. The molecule has 2 heterocycles. The number of nitrogens with one attached hydrogen (secondary N) is 1. The molecule has 0 radical (unpaired) electrons. The van der Waals surface area contributed by atoms with E-state index < -0.39 is 0 Å². The molecule has 0 unspecified atom stereocenters. The Kier molecular flexibility index (Phi) is 4.67. The molecule has 0 fully saturated rings. The summed E-state index contributed by atoms with van der Waals surface area (Å²) in [7, 11) is 0. The van der Waals surface area contributed by atoms with E-state index in [1.807, 2.05) is 37.3 Å². The molecular formula is C14H17N3O. The largest absolute Gasteiger partial charge is 0.491 e. The Morgan fingerprint density at radius 3 is 2.83 bits per heavy atom. The fourth-order valence-electron chi connectivity index (χ4n) is 1.50. The molecule has 0 aromatic carbocycles. The Hall–Kier alpha value is -1.94. The van der Waals surface area contributed by atoms with Crippen LogP contribution in [0.15, 0.2) is 42.7 Å². The summed E-state index contributed by atoms with van der Waals surface area (Å²) < 4.78 is 5.55. The third-order valence-corrected chi connectivity index (χ3v) is 2.46. The molecule has 0 saturated heterocycles. The first-order valence-corrected chi connectivity index (χ1v) is 6.01. The highest BCUT2D eigenvalue weighted by atomic mass is 16.5. The zero-order chi connectivity index (χ0) is 12.6. The highest BCUT2D eigenvalue weighted by Crippen LogP contribution is 2.07. The van der Waals surface area contributed by atoms with E-state index in [-0.39, 0.29) is 0 Å². The van der Waals surface area contributed by atoms with E-state index in [1.54, 1.807) is 12.4 Å². The highest BCUT2D eigenvalue weighted by molar-refractivity contribution is 5.18. The minimum atomic E-state index is 0.623. The third-order valence-electron chi connectivity index (χ3n) is 2.46. The van der Waals surface area contributed by atoms with Crippen molar-refractivity contribution in [2.45, 2.75) is 13.5 Å². The molecule has 1 N–H and O–H groups in total. The first-order chi connectivity index (χ1) is 8.84. The van der Waals surface area contributed by atoms with Crippen LogP contribution >= 0.6 is 0 Å². The lowest BCUT2D eigenvalue weighted by molar-refractivity contribution is 0.312. The van der Waals surface area contributed by atoms with Crippen molar-refractivity contribution in [1.82, 2.24) is 15.3 Å². The maximum absolute atomic E-state index is 5.55. The van der Waals surface area contributed by atoms with Crippen molar-refractivity contribution in [3.05, 3.63) is 54.1 Å². The number of hydrogen-bond donors (Lipinski definition) is 1. The van der Waals surface area contributed by atoms with Gasteiger partial charge in [-0.25, -0.2) is 0 Å². The average molecular weight is 243 g/mol. The molecule has 0 aliphatic heterocycles. The van der Waals surface area contributed by atoms with Crippen LogP contribution in [0.2, 0.25) is 0 Å². The van der Waals surface area contributed by atoms with Crippen molar-refractivity contribution >= 4 is 0 Å². The predicted molar refractivity (Wildman–Crippen MR) is 70.4 cm³/mol. The van der Waals surface area contributed by atoms with E-state index in [0.29, 0.717) is 6.61 Å². The van der Waals surface area contributed by atoms with Gasteiger partial charge in [0.05, 0.1) is 11.9 Å². The van der Waals surface area contributed by atoms with Crippen LogP contribution in [0.25, 0.3) is 0 Å². The molecule has 2 rings (SSSR count). The van der Waals surface area contributed by atoms with Gasteiger partial charge in [0.2, 0.25) is 0 Å². The normalized spacial score (nSPS) is 10.3. The van der Waals surface area contributed by atoms with Gasteiger partial charge in [0.25, 0.3) is 0 Å². The Balaban J connectivity index is 1.63. The molecule has 4 nitrogen and oxygen atoms in total. The lowest BCUT2D eigenvalue weighted by Gasteiger charge is -2.07. The second kappa shape index (κ2) is 6.71. The standard InChI is InChI=1S/C14H17N3O/c1-12-5-6-14(11-17-12)18-9-8-15-10-13-4-2-3-7-16-13/h2-7,11,15H,8-10H2,1H3. The average Bonchev–Trinajstić information content (AvgIpc) is 2.42. The number of ether oxygens (including phenoxy) is 1. The van der Waals surface area contributed by atoms with Crippen molar-refractivity contribution in [2.24, 2.45) is 0 Å². The van der Waals surface area contributed by atoms with E-state index in [1.165, 1.54) is 0 Å². The molecule has 0 bridgehead atoms. The van der Waals surface area contributed by atoms with Crippen molar-refractivity contribution < 1.29 is 4.74 Å². The summed E-state index contributed by atoms with van der Waals surface area (Å²) in [6.45, 7) is 4.12. The SMILES string of the molecule is Cc1ccc(OCCNCc2ccccn2)cn1. The molecule has 0 aliphatic rings. The van der Waals surface area contributed by atoms with Gasteiger partial charge in [-0.2, -0.15) is 0 Å². The molecular weight excluding hydrogens is 226 g/mol. The number of pyridine rings is 2. The summed E-state index contributed by atoms with van der Waals surface area (Å²) in [6.07, 6.45) is 3.54. The summed E-state index contributed by atoms with van der Waals surface area (Å²) in [5.41, 5.74) is 2.03. The number of rotatable bonds is 6. The van der Waals surface area contributed by atoms with Crippen molar-refractivity contribution in [1.29, 1.82) is 0 Å². The zero-order valence-electron chi connectivity index (χ0n) is 10.5. The summed E-state index contributed by atoms with van der Waals surface area (Å²) in [5, 5.41) is 3.28. The molecule has 2 aromatic heterocycles. The lowest BCUT2D eigenvalue weighted by atomic mass is 10.3. The summed E-state index contributed by atoms with van der Waals surface area (Å²) in [4.78, 5) is 8.40. The highest BCUT2D eigenvalue weighted by Gasteiger charge is 1.95. The minimum absolute atomic E-state index is 0.623. The Bertz CT molecular complexity index is 456. The van der Waals surface area contributed by atoms with Gasteiger partial charge in [0.15, 0.2) is 0 Å². The van der Waals surface area contributed by atoms with Crippen LogP contribution in [0, 0.1) is 6.92 Å². The molecule has 0 atom stereocenters. The molecule has 0 spiro atoms. The van der Waals surface area contributed by atoms with E-state index in [2.05, 4.69) is 15.3 Å². The van der Waals surface area contributed by atoms with E-state index in [4.69, 9.17) is 4.74 Å². The maximum atomic E-state index is 5.55.